The van der Waals surface area contributed by atoms with Crippen LogP contribution in [0.15, 0.2) is 41.8 Å². The van der Waals surface area contributed by atoms with Crippen LogP contribution in [0.25, 0.3) is 0 Å². The Bertz CT molecular complexity index is 539. The minimum absolute atomic E-state index is 0.0113. The van der Waals surface area contributed by atoms with Gasteiger partial charge in [0.15, 0.2) is 0 Å². The van der Waals surface area contributed by atoms with Crippen LogP contribution in [0.4, 0.5) is 0 Å². The van der Waals surface area contributed by atoms with Crippen LogP contribution < -0.4 is 5.32 Å². The van der Waals surface area contributed by atoms with Gasteiger partial charge >= 0.3 is 0 Å². The van der Waals surface area contributed by atoms with Gasteiger partial charge in [-0.05, 0) is 30.0 Å². The first-order valence-electron chi connectivity index (χ1n) is 6.20. The van der Waals surface area contributed by atoms with Gasteiger partial charge in [-0.1, -0.05) is 35.9 Å². The molecule has 100 valence electrons. The maximum atomic E-state index is 11.9. The van der Waals surface area contributed by atoms with Crippen molar-refractivity contribution in [2.75, 3.05) is 0 Å². The molecule has 0 saturated heterocycles. The topological polar surface area (TPSA) is 29.1 Å². The second-order valence-electron chi connectivity index (χ2n) is 4.52. The fourth-order valence-corrected chi connectivity index (χ4v) is 2.96. The summed E-state index contributed by atoms with van der Waals surface area (Å²) in [5.41, 5.74) is 0.866. The molecule has 1 N–H and O–H groups in total. The Kier molecular flexibility index (Phi) is 5.00. The molecule has 0 aliphatic rings. The standard InChI is InChI=1S/C15H16ClNOS/c1-11(9-13-6-4-8-19-13)17-15(18)10-12-5-2-3-7-14(12)16/h2-8,11H,9-10H2,1H3,(H,17,18)/t11-/m1/s1. The highest BCUT2D eigenvalue weighted by Gasteiger charge is 2.10. The molecule has 0 aliphatic heterocycles. The molecule has 0 spiro atoms. The third-order valence-corrected chi connectivity index (χ3v) is 4.07. The molecule has 1 atom stereocenters. The average molecular weight is 294 g/mol. The molecule has 0 fully saturated rings. The number of carbonyl (C=O) groups excluding carboxylic acids is 1. The predicted octanol–water partition coefficient (Wildman–Crippen LogP) is 3.69. The molecule has 1 aromatic carbocycles. The van der Waals surface area contributed by atoms with Gasteiger partial charge in [0.05, 0.1) is 6.42 Å². The molecule has 0 bridgehead atoms. The molecule has 1 aromatic heterocycles. The van der Waals surface area contributed by atoms with Gasteiger partial charge in [0.2, 0.25) is 5.91 Å². The maximum absolute atomic E-state index is 11.9. The van der Waals surface area contributed by atoms with Crippen molar-refractivity contribution in [2.24, 2.45) is 0 Å². The lowest BCUT2D eigenvalue weighted by atomic mass is 10.1. The van der Waals surface area contributed by atoms with E-state index in [1.165, 1.54) is 4.88 Å². The number of halogens is 1. The fraction of sp³-hybridized carbons (Fsp3) is 0.267. The van der Waals surface area contributed by atoms with E-state index >= 15 is 0 Å². The van der Waals surface area contributed by atoms with E-state index in [1.54, 1.807) is 17.4 Å². The highest BCUT2D eigenvalue weighted by molar-refractivity contribution is 7.09. The Morgan fingerprint density at radius 3 is 2.79 bits per heavy atom. The van der Waals surface area contributed by atoms with E-state index in [1.807, 2.05) is 36.6 Å². The summed E-state index contributed by atoms with van der Waals surface area (Å²) in [5.74, 6) is 0.0113. The lowest BCUT2D eigenvalue weighted by Crippen LogP contribution is -2.35. The second-order valence-corrected chi connectivity index (χ2v) is 5.96. The minimum atomic E-state index is 0.0113. The van der Waals surface area contributed by atoms with Gasteiger partial charge in [0.1, 0.15) is 0 Å². The largest absolute Gasteiger partial charge is 0.353 e. The van der Waals surface area contributed by atoms with Crippen LogP contribution in [-0.4, -0.2) is 11.9 Å². The van der Waals surface area contributed by atoms with Crippen LogP contribution in [0.1, 0.15) is 17.4 Å². The number of carbonyl (C=O) groups is 1. The first kappa shape index (κ1) is 14.1. The Balaban J connectivity index is 1.86. The van der Waals surface area contributed by atoms with Crippen molar-refractivity contribution in [1.29, 1.82) is 0 Å². The molecule has 1 heterocycles. The van der Waals surface area contributed by atoms with Crippen molar-refractivity contribution in [3.8, 4) is 0 Å². The van der Waals surface area contributed by atoms with E-state index < -0.39 is 0 Å². The van der Waals surface area contributed by atoms with Crippen molar-refractivity contribution < 1.29 is 4.79 Å². The molecule has 0 saturated carbocycles. The summed E-state index contributed by atoms with van der Waals surface area (Å²) in [7, 11) is 0. The Hall–Kier alpha value is -1.32. The molecule has 1 amide bonds. The number of benzene rings is 1. The van der Waals surface area contributed by atoms with Gasteiger partial charge in [-0.2, -0.15) is 0 Å². The van der Waals surface area contributed by atoms with Gasteiger partial charge in [0, 0.05) is 22.4 Å². The van der Waals surface area contributed by atoms with Crippen molar-refractivity contribution in [1.82, 2.24) is 5.32 Å². The number of hydrogen-bond donors (Lipinski definition) is 1. The smallest absolute Gasteiger partial charge is 0.224 e. The average Bonchev–Trinajstić information content (AvgIpc) is 2.84. The lowest BCUT2D eigenvalue weighted by molar-refractivity contribution is -0.121. The van der Waals surface area contributed by atoms with E-state index in [2.05, 4.69) is 11.4 Å². The summed E-state index contributed by atoms with van der Waals surface area (Å²) >= 11 is 7.75. The van der Waals surface area contributed by atoms with Crippen LogP contribution in [0.5, 0.6) is 0 Å². The van der Waals surface area contributed by atoms with Crippen LogP contribution in [0.2, 0.25) is 5.02 Å². The zero-order valence-electron chi connectivity index (χ0n) is 10.7. The molecule has 0 aliphatic carbocycles. The van der Waals surface area contributed by atoms with Gasteiger partial charge in [-0.15, -0.1) is 11.3 Å². The van der Waals surface area contributed by atoms with Gasteiger partial charge < -0.3 is 5.32 Å². The zero-order valence-corrected chi connectivity index (χ0v) is 12.3. The van der Waals surface area contributed by atoms with Crippen LogP contribution >= 0.6 is 22.9 Å². The molecule has 4 heteroatoms. The molecule has 0 unspecified atom stereocenters. The molecule has 0 radical (unpaired) electrons. The molecule has 2 aromatic rings. The molecular formula is C15H16ClNOS. The monoisotopic (exact) mass is 293 g/mol. The highest BCUT2D eigenvalue weighted by atomic mass is 35.5. The summed E-state index contributed by atoms with van der Waals surface area (Å²) in [5, 5.41) is 5.69. The van der Waals surface area contributed by atoms with Crippen LogP contribution in [-0.2, 0) is 17.6 Å². The van der Waals surface area contributed by atoms with E-state index in [0.29, 0.717) is 11.4 Å². The van der Waals surface area contributed by atoms with Crippen molar-refractivity contribution in [2.45, 2.75) is 25.8 Å². The number of hydrogen-bond acceptors (Lipinski definition) is 2. The Morgan fingerprint density at radius 2 is 2.11 bits per heavy atom. The highest BCUT2D eigenvalue weighted by Crippen LogP contribution is 2.15. The van der Waals surface area contributed by atoms with E-state index in [-0.39, 0.29) is 11.9 Å². The number of nitrogens with one attached hydrogen (secondary N) is 1. The first-order valence-corrected chi connectivity index (χ1v) is 7.46. The minimum Gasteiger partial charge on any atom is -0.353 e. The second kappa shape index (κ2) is 6.73. The summed E-state index contributed by atoms with van der Waals surface area (Å²) in [6.45, 7) is 2.02. The quantitative estimate of drug-likeness (QED) is 0.895. The summed E-state index contributed by atoms with van der Waals surface area (Å²) in [4.78, 5) is 13.2. The SMILES string of the molecule is C[C@H](Cc1cccs1)NC(=O)Cc1ccccc1Cl. The van der Waals surface area contributed by atoms with Crippen molar-refractivity contribution in [3.63, 3.8) is 0 Å². The zero-order chi connectivity index (χ0) is 13.7. The summed E-state index contributed by atoms with van der Waals surface area (Å²) in [6, 6.07) is 11.7. The molecule has 2 nitrogen and oxygen atoms in total. The van der Waals surface area contributed by atoms with Crippen LogP contribution in [0.3, 0.4) is 0 Å². The van der Waals surface area contributed by atoms with E-state index in [0.717, 1.165) is 12.0 Å². The predicted molar refractivity (Wildman–Crippen MR) is 80.8 cm³/mol. The summed E-state index contributed by atoms with van der Waals surface area (Å²) < 4.78 is 0. The third-order valence-electron chi connectivity index (χ3n) is 2.80. The number of rotatable bonds is 5. The van der Waals surface area contributed by atoms with Crippen LogP contribution in [0, 0.1) is 0 Å². The van der Waals surface area contributed by atoms with Gasteiger partial charge in [-0.3, -0.25) is 4.79 Å². The number of thiophene rings is 1. The summed E-state index contributed by atoms with van der Waals surface area (Å²) in [6.07, 6.45) is 1.19. The number of amides is 1. The van der Waals surface area contributed by atoms with Crippen molar-refractivity contribution in [3.05, 3.63) is 57.2 Å². The van der Waals surface area contributed by atoms with Gasteiger partial charge in [-0.25, -0.2) is 0 Å². The third kappa shape index (κ3) is 4.37. The molecule has 19 heavy (non-hydrogen) atoms. The van der Waals surface area contributed by atoms with Gasteiger partial charge in [0.25, 0.3) is 0 Å². The fourth-order valence-electron chi connectivity index (χ4n) is 1.92. The molecule has 2 rings (SSSR count). The normalized spacial score (nSPS) is 12.1. The Labute approximate surface area is 122 Å². The molecular weight excluding hydrogens is 278 g/mol. The first-order chi connectivity index (χ1) is 9.15. The van der Waals surface area contributed by atoms with Crippen molar-refractivity contribution >= 4 is 28.8 Å². The Morgan fingerprint density at radius 1 is 1.32 bits per heavy atom. The van der Waals surface area contributed by atoms with E-state index in [9.17, 15) is 4.79 Å². The van der Waals surface area contributed by atoms with E-state index in [4.69, 9.17) is 11.6 Å². The maximum Gasteiger partial charge on any atom is 0.224 e. The lowest BCUT2D eigenvalue weighted by Gasteiger charge is -2.13.